The number of aliphatic hydroxyl groups excluding tert-OH is 1. The van der Waals surface area contributed by atoms with E-state index in [0.717, 1.165) is 43.7 Å². The summed E-state index contributed by atoms with van der Waals surface area (Å²) in [4.78, 5) is 14.9. The highest BCUT2D eigenvalue weighted by Gasteiger charge is 2.44. The number of aliphatic hydroxyl groups is 1. The van der Waals surface area contributed by atoms with Crippen LogP contribution in [0.5, 0.6) is 5.75 Å². The average molecular weight is 457 g/mol. The van der Waals surface area contributed by atoms with Crippen LogP contribution in [0.3, 0.4) is 0 Å². The van der Waals surface area contributed by atoms with Crippen LogP contribution in [-0.4, -0.2) is 74.1 Å². The summed E-state index contributed by atoms with van der Waals surface area (Å²) in [6.07, 6.45) is 4.75. The standard InChI is InChI=1S/C22H36N2O4S2/c1-24(2)17-20(18-7-9-19(27-3)10-8-18)22(11-5-4-6-12-22)28-21(26)23-13-15-29-30-16-14-25/h7-10,20,25H,4-6,11-17H2,1-3H3,(H,23,26). The number of amides is 1. The molecule has 1 aliphatic carbocycles. The summed E-state index contributed by atoms with van der Waals surface area (Å²) in [6.45, 7) is 1.54. The molecule has 0 aliphatic heterocycles. The number of methoxy groups -OCH3 is 1. The zero-order valence-corrected chi connectivity index (χ0v) is 20.0. The second-order valence-electron chi connectivity index (χ2n) is 7.90. The molecule has 6 nitrogen and oxygen atoms in total. The van der Waals surface area contributed by atoms with Gasteiger partial charge in [-0.25, -0.2) is 4.79 Å². The largest absolute Gasteiger partial charge is 0.497 e. The van der Waals surface area contributed by atoms with E-state index in [1.165, 1.54) is 12.0 Å². The van der Waals surface area contributed by atoms with E-state index in [2.05, 4.69) is 36.4 Å². The lowest BCUT2D eigenvalue weighted by Gasteiger charge is -2.44. The fraction of sp³-hybridized carbons (Fsp3) is 0.682. The van der Waals surface area contributed by atoms with Crippen LogP contribution in [-0.2, 0) is 4.74 Å². The fourth-order valence-corrected chi connectivity index (χ4v) is 5.70. The van der Waals surface area contributed by atoms with Crippen molar-refractivity contribution >= 4 is 27.7 Å². The van der Waals surface area contributed by atoms with E-state index in [9.17, 15) is 4.79 Å². The van der Waals surface area contributed by atoms with Gasteiger partial charge < -0.3 is 24.8 Å². The lowest BCUT2D eigenvalue weighted by Crippen LogP contribution is -2.48. The van der Waals surface area contributed by atoms with Gasteiger partial charge in [0.1, 0.15) is 11.4 Å². The van der Waals surface area contributed by atoms with Crippen molar-refractivity contribution in [2.45, 2.75) is 43.6 Å². The molecule has 1 aromatic rings. The van der Waals surface area contributed by atoms with Crippen LogP contribution >= 0.6 is 21.6 Å². The first-order chi connectivity index (χ1) is 14.5. The Morgan fingerprint density at radius 3 is 2.43 bits per heavy atom. The number of nitrogens with one attached hydrogen (secondary N) is 1. The average Bonchev–Trinajstić information content (AvgIpc) is 2.75. The second-order valence-corrected chi connectivity index (χ2v) is 10.6. The Hall–Kier alpha value is -1.09. The molecule has 0 radical (unpaired) electrons. The van der Waals surface area contributed by atoms with Gasteiger partial charge in [-0.05, 0) is 57.5 Å². The number of rotatable bonds is 12. The summed E-state index contributed by atoms with van der Waals surface area (Å²) in [5.74, 6) is 2.41. The molecular formula is C22H36N2O4S2. The molecule has 30 heavy (non-hydrogen) atoms. The maximum absolute atomic E-state index is 12.7. The van der Waals surface area contributed by atoms with Crippen molar-refractivity contribution in [3.05, 3.63) is 29.8 Å². The third-order valence-corrected chi connectivity index (χ3v) is 7.80. The Morgan fingerprint density at radius 1 is 1.17 bits per heavy atom. The minimum absolute atomic E-state index is 0.0962. The summed E-state index contributed by atoms with van der Waals surface area (Å²) in [6, 6.07) is 8.16. The van der Waals surface area contributed by atoms with Gasteiger partial charge in [0, 0.05) is 30.5 Å². The Labute approximate surface area is 188 Å². The third-order valence-electron chi connectivity index (χ3n) is 5.41. The van der Waals surface area contributed by atoms with E-state index < -0.39 is 5.60 Å². The second kappa shape index (κ2) is 13.3. The first-order valence-electron chi connectivity index (χ1n) is 10.6. The van der Waals surface area contributed by atoms with Crippen molar-refractivity contribution in [2.24, 2.45) is 0 Å². The van der Waals surface area contributed by atoms with Crippen LogP contribution in [0.25, 0.3) is 0 Å². The van der Waals surface area contributed by atoms with Gasteiger partial charge in [-0.3, -0.25) is 0 Å². The van der Waals surface area contributed by atoms with Crippen molar-refractivity contribution in [2.75, 3.05) is 52.4 Å². The zero-order valence-electron chi connectivity index (χ0n) is 18.4. The number of hydrogen-bond acceptors (Lipinski definition) is 7. The molecule has 1 aromatic carbocycles. The third kappa shape index (κ3) is 7.87. The lowest BCUT2D eigenvalue weighted by atomic mass is 9.72. The molecule has 0 heterocycles. The molecular weight excluding hydrogens is 420 g/mol. The topological polar surface area (TPSA) is 71.0 Å². The molecule has 0 aromatic heterocycles. The Balaban J connectivity index is 2.11. The Morgan fingerprint density at radius 2 is 1.83 bits per heavy atom. The van der Waals surface area contributed by atoms with Crippen LogP contribution in [0.2, 0.25) is 0 Å². The molecule has 0 bridgehead atoms. The summed E-state index contributed by atoms with van der Waals surface area (Å²) in [5.41, 5.74) is 0.676. The Kier molecular flexibility index (Phi) is 11.2. The van der Waals surface area contributed by atoms with Gasteiger partial charge in [-0.1, -0.05) is 40.1 Å². The predicted molar refractivity (Wildman–Crippen MR) is 127 cm³/mol. The van der Waals surface area contributed by atoms with Gasteiger partial charge in [0.25, 0.3) is 0 Å². The molecule has 1 unspecified atom stereocenters. The smallest absolute Gasteiger partial charge is 0.407 e. The number of ether oxygens (including phenoxy) is 2. The van der Waals surface area contributed by atoms with E-state index in [1.54, 1.807) is 28.7 Å². The highest BCUT2D eigenvalue weighted by Crippen LogP contribution is 2.43. The van der Waals surface area contributed by atoms with Crippen LogP contribution in [0, 0.1) is 0 Å². The van der Waals surface area contributed by atoms with Crippen molar-refractivity contribution in [3.63, 3.8) is 0 Å². The van der Waals surface area contributed by atoms with Gasteiger partial charge in [-0.2, -0.15) is 0 Å². The fourth-order valence-electron chi connectivity index (χ4n) is 4.02. The van der Waals surface area contributed by atoms with Crippen molar-refractivity contribution in [3.8, 4) is 5.75 Å². The number of benzene rings is 1. The van der Waals surface area contributed by atoms with Gasteiger partial charge in [0.2, 0.25) is 0 Å². The van der Waals surface area contributed by atoms with E-state index >= 15 is 0 Å². The molecule has 2 rings (SSSR count). The molecule has 1 amide bonds. The molecule has 170 valence electrons. The number of nitrogens with zero attached hydrogens (tertiary/aromatic N) is 1. The van der Waals surface area contributed by atoms with Crippen molar-refractivity contribution in [1.82, 2.24) is 10.2 Å². The summed E-state index contributed by atoms with van der Waals surface area (Å²) < 4.78 is 11.5. The normalized spacial score (nSPS) is 16.8. The van der Waals surface area contributed by atoms with Crippen molar-refractivity contribution < 1.29 is 19.4 Å². The minimum Gasteiger partial charge on any atom is -0.497 e. The maximum atomic E-state index is 12.7. The van der Waals surface area contributed by atoms with Gasteiger partial charge in [0.15, 0.2) is 0 Å². The number of carbonyl (C=O) groups is 1. The van der Waals surface area contributed by atoms with Crippen LogP contribution in [0.15, 0.2) is 24.3 Å². The van der Waals surface area contributed by atoms with Gasteiger partial charge in [0.05, 0.1) is 13.7 Å². The van der Waals surface area contributed by atoms with Crippen LogP contribution < -0.4 is 10.1 Å². The van der Waals surface area contributed by atoms with Gasteiger partial charge in [-0.15, -0.1) is 0 Å². The number of carbonyl (C=O) groups excluding carboxylic acids is 1. The van der Waals surface area contributed by atoms with E-state index in [0.29, 0.717) is 12.3 Å². The van der Waals surface area contributed by atoms with E-state index in [4.69, 9.17) is 14.6 Å². The highest BCUT2D eigenvalue weighted by molar-refractivity contribution is 8.76. The number of likely N-dealkylation sites (N-methyl/N-ethyl adjacent to an activating group) is 1. The highest BCUT2D eigenvalue weighted by atomic mass is 33.1. The summed E-state index contributed by atoms with van der Waals surface area (Å²) >= 11 is 0. The SMILES string of the molecule is COc1ccc(C(CN(C)C)C2(OC(=O)NCCSSCCO)CCCCC2)cc1. The molecule has 1 aliphatic rings. The monoisotopic (exact) mass is 456 g/mol. The lowest BCUT2D eigenvalue weighted by molar-refractivity contribution is -0.0421. The van der Waals surface area contributed by atoms with Crippen LogP contribution in [0.1, 0.15) is 43.6 Å². The molecule has 1 saturated carbocycles. The molecule has 8 heteroatoms. The van der Waals surface area contributed by atoms with E-state index in [-0.39, 0.29) is 18.6 Å². The summed E-state index contributed by atoms with van der Waals surface area (Å²) in [7, 11) is 9.06. The molecule has 1 fully saturated rings. The zero-order chi connectivity index (χ0) is 21.8. The summed E-state index contributed by atoms with van der Waals surface area (Å²) in [5, 5.41) is 11.7. The Bertz CT molecular complexity index is 622. The number of alkyl carbamates (subject to hydrolysis) is 1. The predicted octanol–water partition coefficient (Wildman–Crippen LogP) is 4.14. The molecule has 0 spiro atoms. The molecule has 2 N–H and O–H groups in total. The van der Waals surface area contributed by atoms with Crippen LogP contribution in [0.4, 0.5) is 4.79 Å². The quantitative estimate of drug-likeness (QED) is 0.362. The molecule has 1 atom stereocenters. The van der Waals surface area contributed by atoms with Crippen molar-refractivity contribution in [1.29, 1.82) is 0 Å². The van der Waals surface area contributed by atoms with E-state index in [1.807, 2.05) is 12.1 Å². The first kappa shape index (κ1) is 25.2. The maximum Gasteiger partial charge on any atom is 0.407 e. The molecule has 0 saturated heterocycles. The minimum atomic E-state index is -0.500. The first-order valence-corrected chi connectivity index (χ1v) is 13.1. The number of hydrogen-bond donors (Lipinski definition) is 2. The van der Waals surface area contributed by atoms with Gasteiger partial charge >= 0.3 is 6.09 Å².